The van der Waals surface area contributed by atoms with Crippen LogP contribution < -0.4 is 4.72 Å². The van der Waals surface area contributed by atoms with Gasteiger partial charge in [-0.1, -0.05) is 12.0 Å². The molecule has 0 bridgehead atoms. The lowest BCUT2D eigenvalue weighted by Crippen LogP contribution is -2.15. The van der Waals surface area contributed by atoms with Crippen LogP contribution in [0, 0.1) is 5.82 Å². The number of carbonyl (C=O) groups excluding carboxylic acids is 1. The second-order valence-corrected chi connectivity index (χ2v) is 5.81. The van der Waals surface area contributed by atoms with Gasteiger partial charge in [0.1, 0.15) is 5.82 Å². The van der Waals surface area contributed by atoms with Crippen molar-refractivity contribution in [2.24, 2.45) is 0 Å². The predicted octanol–water partition coefficient (Wildman–Crippen LogP) is 1.36. The Hall–Kier alpha value is -2.49. The average Bonchev–Trinajstić information content (AvgIpc) is 2.92. The predicted molar refractivity (Wildman–Crippen MR) is 72.2 cm³/mol. The fourth-order valence-corrected chi connectivity index (χ4v) is 2.55. The Kier molecular flexibility index (Phi) is 4.40. The molecule has 0 saturated carbocycles. The van der Waals surface area contributed by atoms with Crippen LogP contribution in [0.15, 0.2) is 27.5 Å². The van der Waals surface area contributed by atoms with E-state index in [0.717, 1.165) is 25.3 Å². The minimum atomic E-state index is -4.19. The normalized spacial score (nSPS) is 11.2. The fraction of sp³-hybridized carbons (Fsp3) is 0.250. The number of nitrogens with zero attached hydrogens (tertiary/aromatic N) is 2. The van der Waals surface area contributed by atoms with Gasteiger partial charge in [-0.2, -0.15) is 0 Å². The van der Waals surface area contributed by atoms with Crippen molar-refractivity contribution in [3.8, 4) is 0 Å². The Morgan fingerprint density at radius 1 is 1.36 bits per heavy atom. The second kappa shape index (κ2) is 6.10. The standard InChI is InChI=1S/C12H12FN3O5S/c1-3-10-14-15-12(21-10)16-22(18,19)9-5-7(11(17)20-2)4-8(13)6-9/h4-6H,3H2,1-2H3,(H,15,16). The van der Waals surface area contributed by atoms with E-state index in [-0.39, 0.29) is 17.5 Å². The summed E-state index contributed by atoms with van der Waals surface area (Å²) in [6, 6.07) is 2.26. The topological polar surface area (TPSA) is 111 Å². The molecule has 0 saturated heterocycles. The minimum absolute atomic E-state index is 0.234. The van der Waals surface area contributed by atoms with Gasteiger partial charge in [0, 0.05) is 6.42 Å². The van der Waals surface area contributed by atoms with E-state index in [1.165, 1.54) is 0 Å². The molecule has 0 amide bonds. The molecule has 0 aliphatic rings. The molecule has 8 nitrogen and oxygen atoms in total. The number of aryl methyl sites for hydroxylation is 1. The molecule has 0 radical (unpaired) electrons. The van der Waals surface area contributed by atoms with E-state index in [1.54, 1.807) is 6.92 Å². The molecule has 2 aromatic rings. The lowest BCUT2D eigenvalue weighted by atomic mass is 10.2. The summed E-state index contributed by atoms with van der Waals surface area (Å²) in [4.78, 5) is 10.9. The average molecular weight is 329 g/mol. The van der Waals surface area contributed by atoms with Gasteiger partial charge in [0.15, 0.2) is 0 Å². The van der Waals surface area contributed by atoms with Crippen molar-refractivity contribution in [1.29, 1.82) is 0 Å². The number of nitrogens with one attached hydrogen (secondary N) is 1. The molecule has 0 atom stereocenters. The molecule has 10 heteroatoms. The summed E-state index contributed by atoms with van der Waals surface area (Å²) >= 11 is 0. The number of rotatable bonds is 5. The maximum atomic E-state index is 13.5. The number of hydrogen-bond donors (Lipinski definition) is 1. The number of methoxy groups -OCH3 is 1. The van der Waals surface area contributed by atoms with Crippen molar-refractivity contribution in [1.82, 2.24) is 10.2 Å². The summed E-state index contributed by atoms with van der Waals surface area (Å²) in [6.45, 7) is 1.75. The Balaban J connectivity index is 2.36. The van der Waals surface area contributed by atoms with Crippen LogP contribution in [-0.4, -0.2) is 31.7 Å². The minimum Gasteiger partial charge on any atom is -0.465 e. The fourth-order valence-electron chi connectivity index (χ4n) is 1.57. The smallest absolute Gasteiger partial charge is 0.337 e. The van der Waals surface area contributed by atoms with Crippen LogP contribution in [0.4, 0.5) is 10.4 Å². The second-order valence-electron chi connectivity index (χ2n) is 4.13. The zero-order valence-electron chi connectivity index (χ0n) is 11.7. The third-order valence-corrected chi connectivity index (χ3v) is 3.89. The van der Waals surface area contributed by atoms with E-state index >= 15 is 0 Å². The van der Waals surface area contributed by atoms with E-state index in [0.29, 0.717) is 6.42 Å². The lowest BCUT2D eigenvalue weighted by Gasteiger charge is -2.06. The highest BCUT2D eigenvalue weighted by molar-refractivity contribution is 7.92. The summed E-state index contributed by atoms with van der Waals surface area (Å²) in [5.74, 6) is -1.52. The van der Waals surface area contributed by atoms with Gasteiger partial charge < -0.3 is 9.15 Å². The Morgan fingerprint density at radius 3 is 2.68 bits per heavy atom. The van der Waals surface area contributed by atoms with Crippen molar-refractivity contribution >= 4 is 22.0 Å². The molecule has 0 spiro atoms. The number of esters is 1. The van der Waals surface area contributed by atoms with Gasteiger partial charge in [0.25, 0.3) is 10.0 Å². The number of aromatic nitrogens is 2. The Labute approximate surface area is 125 Å². The summed E-state index contributed by atoms with van der Waals surface area (Å²) < 4.78 is 49.3. The maximum Gasteiger partial charge on any atom is 0.337 e. The zero-order chi connectivity index (χ0) is 16.3. The summed E-state index contributed by atoms with van der Waals surface area (Å²) in [6.07, 6.45) is 0.432. The molecule has 1 N–H and O–H groups in total. The van der Waals surface area contributed by atoms with Gasteiger partial charge in [-0.05, 0) is 18.2 Å². The van der Waals surface area contributed by atoms with Gasteiger partial charge in [0.2, 0.25) is 5.89 Å². The first kappa shape index (κ1) is 15.9. The molecule has 0 unspecified atom stereocenters. The van der Waals surface area contributed by atoms with Gasteiger partial charge in [0.05, 0.1) is 17.6 Å². The van der Waals surface area contributed by atoms with Crippen molar-refractivity contribution in [2.75, 3.05) is 11.8 Å². The molecule has 22 heavy (non-hydrogen) atoms. The van der Waals surface area contributed by atoms with Crippen molar-refractivity contribution in [3.05, 3.63) is 35.5 Å². The molecule has 0 aliphatic carbocycles. The van der Waals surface area contributed by atoms with Gasteiger partial charge in [-0.15, -0.1) is 5.10 Å². The van der Waals surface area contributed by atoms with E-state index < -0.39 is 26.7 Å². The molecule has 1 heterocycles. The van der Waals surface area contributed by atoms with Crippen molar-refractivity contribution in [2.45, 2.75) is 18.2 Å². The van der Waals surface area contributed by atoms with Crippen LogP contribution in [-0.2, 0) is 21.2 Å². The van der Waals surface area contributed by atoms with Crippen LogP contribution in [0.1, 0.15) is 23.2 Å². The molecule has 118 valence electrons. The van der Waals surface area contributed by atoms with Gasteiger partial charge in [-0.3, -0.25) is 0 Å². The first-order chi connectivity index (χ1) is 10.4. The first-order valence-electron chi connectivity index (χ1n) is 6.10. The summed E-state index contributed by atoms with van der Waals surface area (Å²) in [5, 5.41) is 7.10. The highest BCUT2D eigenvalue weighted by Gasteiger charge is 2.21. The lowest BCUT2D eigenvalue weighted by molar-refractivity contribution is 0.0600. The maximum absolute atomic E-state index is 13.5. The molecule has 0 fully saturated rings. The van der Waals surface area contributed by atoms with E-state index in [2.05, 4.69) is 14.9 Å². The van der Waals surface area contributed by atoms with Gasteiger partial charge >= 0.3 is 12.0 Å². The monoisotopic (exact) mass is 329 g/mol. The van der Waals surface area contributed by atoms with Crippen LogP contribution >= 0.6 is 0 Å². The molecule has 1 aromatic carbocycles. The third-order valence-electron chi connectivity index (χ3n) is 2.59. The van der Waals surface area contributed by atoms with Crippen LogP contribution in [0.2, 0.25) is 0 Å². The van der Waals surface area contributed by atoms with Crippen molar-refractivity contribution in [3.63, 3.8) is 0 Å². The van der Waals surface area contributed by atoms with Crippen LogP contribution in [0.3, 0.4) is 0 Å². The quantitative estimate of drug-likeness (QED) is 0.824. The molecule has 0 aliphatic heterocycles. The number of anilines is 1. The van der Waals surface area contributed by atoms with E-state index in [4.69, 9.17) is 4.42 Å². The number of benzene rings is 1. The SMILES string of the molecule is CCc1nnc(NS(=O)(=O)c2cc(F)cc(C(=O)OC)c2)o1. The molecular weight excluding hydrogens is 317 g/mol. The zero-order valence-corrected chi connectivity index (χ0v) is 12.5. The molecular formula is C12H12FN3O5S. The number of halogens is 1. The van der Waals surface area contributed by atoms with Gasteiger partial charge in [-0.25, -0.2) is 22.3 Å². The van der Waals surface area contributed by atoms with Crippen LogP contribution in [0.25, 0.3) is 0 Å². The molecule has 2 rings (SSSR count). The number of ether oxygens (including phenoxy) is 1. The first-order valence-corrected chi connectivity index (χ1v) is 7.58. The largest absolute Gasteiger partial charge is 0.465 e. The number of hydrogen-bond acceptors (Lipinski definition) is 7. The van der Waals surface area contributed by atoms with E-state index in [1.807, 2.05) is 4.72 Å². The Bertz CT molecular complexity index is 803. The summed E-state index contributed by atoms with van der Waals surface area (Å²) in [7, 11) is -3.09. The summed E-state index contributed by atoms with van der Waals surface area (Å²) in [5.41, 5.74) is -0.234. The number of carbonyl (C=O) groups is 1. The molecule has 1 aromatic heterocycles. The van der Waals surface area contributed by atoms with Crippen LogP contribution in [0.5, 0.6) is 0 Å². The highest BCUT2D eigenvalue weighted by atomic mass is 32.2. The Morgan fingerprint density at radius 2 is 2.09 bits per heavy atom. The van der Waals surface area contributed by atoms with Crippen molar-refractivity contribution < 1.29 is 26.8 Å². The highest BCUT2D eigenvalue weighted by Crippen LogP contribution is 2.18. The van der Waals surface area contributed by atoms with E-state index in [9.17, 15) is 17.6 Å². The number of sulfonamides is 1. The third kappa shape index (κ3) is 3.39.